The van der Waals surface area contributed by atoms with Gasteiger partial charge in [-0.1, -0.05) is 37.1 Å². The standard InChI is InChI=1S/C20H25N5O4S/c1-11(2)6-15(18(21)26)24-16-8-13-9-22-20(27)17(13)19(25-16)23-14-5-3-4-12(7-14)10-30(28)29/h3-5,7-8,11,15H,6,9-10H2,1-2H3,(H2,21,26)(H,22,27)(H,28,29)(H2,23,24,25)/p-1/t15-/m1/s1. The SMILES string of the molecule is CC(C)C[C@@H](Nc1cc2c(c(Nc3cccc(CS(=O)[O-])c3)n1)C(=O)NC2)C(N)=O. The molecule has 5 N–H and O–H groups in total. The molecule has 0 spiro atoms. The maximum atomic E-state index is 12.3. The number of carbonyl (C=O) groups is 2. The first kappa shape index (κ1) is 21.7. The molecule has 9 nitrogen and oxygen atoms in total. The molecule has 10 heteroatoms. The third-order valence-corrected chi connectivity index (χ3v) is 5.18. The Morgan fingerprint density at radius 1 is 1.37 bits per heavy atom. The summed E-state index contributed by atoms with van der Waals surface area (Å²) < 4.78 is 22.0. The molecule has 1 aromatic heterocycles. The van der Waals surface area contributed by atoms with Gasteiger partial charge in [0.1, 0.15) is 17.7 Å². The molecular weight excluding hydrogens is 406 g/mol. The lowest BCUT2D eigenvalue weighted by molar-refractivity contribution is -0.119. The molecule has 2 aromatic rings. The summed E-state index contributed by atoms with van der Waals surface area (Å²) in [4.78, 5) is 28.6. The zero-order valence-electron chi connectivity index (χ0n) is 16.7. The number of amides is 2. The van der Waals surface area contributed by atoms with Crippen molar-refractivity contribution in [3.8, 4) is 0 Å². The lowest BCUT2D eigenvalue weighted by atomic mass is 10.0. The molecule has 0 saturated carbocycles. The summed E-state index contributed by atoms with van der Waals surface area (Å²) in [6.45, 7) is 4.33. The molecule has 1 aliphatic rings. The fourth-order valence-electron chi connectivity index (χ4n) is 3.33. The maximum absolute atomic E-state index is 12.3. The van der Waals surface area contributed by atoms with Crippen LogP contribution in [0.3, 0.4) is 0 Å². The third-order valence-electron chi connectivity index (χ3n) is 4.61. The van der Waals surface area contributed by atoms with Crippen molar-refractivity contribution in [2.45, 2.75) is 38.6 Å². The minimum Gasteiger partial charge on any atom is -0.772 e. The molecule has 0 fully saturated rings. The zero-order valence-corrected chi connectivity index (χ0v) is 17.5. The van der Waals surface area contributed by atoms with Gasteiger partial charge in [0.25, 0.3) is 5.91 Å². The highest BCUT2D eigenvalue weighted by atomic mass is 32.2. The highest BCUT2D eigenvalue weighted by Crippen LogP contribution is 2.29. The van der Waals surface area contributed by atoms with Crippen LogP contribution in [0.1, 0.15) is 41.8 Å². The molecule has 1 aromatic carbocycles. The Morgan fingerprint density at radius 2 is 2.13 bits per heavy atom. The van der Waals surface area contributed by atoms with Gasteiger partial charge in [0.2, 0.25) is 5.91 Å². The Bertz CT molecular complexity index is 995. The minimum absolute atomic E-state index is 0.112. The molecule has 0 aliphatic carbocycles. The molecular formula is C20H24N5O4S-. The highest BCUT2D eigenvalue weighted by molar-refractivity contribution is 7.78. The van der Waals surface area contributed by atoms with Crippen molar-refractivity contribution in [1.82, 2.24) is 10.3 Å². The van der Waals surface area contributed by atoms with Gasteiger partial charge in [-0.3, -0.25) is 13.8 Å². The van der Waals surface area contributed by atoms with Crippen molar-refractivity contribution >= 4 is 40.2 Å². The first-order valence-corrected chi connectivity index (χ1v) is 10.8. The maximum Gasteiger partial charge on any atom is 0.255 e. The molecule has 2 atom stereocenters. The van der Waals surface area contributed by atoms with Gasteiger partial charge in [-0.2, -0.15) is 0 Å². The van der Waals surface area contributed by atoms with E-state index < -0.39 is 23.0 Å². The van der Waals surface area contributed by atoms with Gasteiger partial charge >= 0.3 is 0 Å². The Kier molecular flexibility index (Phi) is 6.68. The summed E-state index contributed by atoms with van der Waals surface area (Å²) in [7, 11) is 0. The summed E-state index contributed by atoms with van der Waals surface area (Å²) in [6.07, 6.45) is 0.544. The molecule has 30 heavy (non-hydrogen) atoms. The van der Waals surface area contributed by atoms with Crippen LogP contribution in [0.15, 0.2) is 30.3 Å². The van der Waals surface area contributed by atoms with Gasteiger partial charge in [-0.15, -0.1) is 0 Å². The van der Waals surface area contributed by atoms with Gasteiger partial charge in [0, 0.05) is 18.0 Å². The quantitative estimate of drug-likeness (QED) is 0.443. The summed E-state index contributed by atoms with van der Waals surface area (Å²) in [5, 5.41) is 8.94. The summed E-state index contributed by atoms with van der Waals surface area (Å²) in [5.74, 6) is 0.148. The van der Waals surface area contributed by atoms with Crippen LogP contribution in [-0.2, 0) is 28.2 Å². The predicted octanol–water partition coefficient (Wildman–Crippen LogP) is 1.76. The number of pyridine rings is 1. The molecule has 1 unspecified atom stereocenters. The first-order chi connectivity index (χ1) is 14.2. The van der Waals surface area contributed by atoms with E-state index in [2.05, 4.69) is 20.9 Å². The number of anilines is 3. The van der Waals surface area contributed by atoms with Crippen LogP contribution < -0.4 is 21.7 Å². The number of nitrogens with two attached hydrogens (primary N) is 1. The van der Waals surface area contributed by atoms with E-state index in [0.717, 1.165) is 5.56 Å². The lowest BCUT2D eigenvalue weighted by Gasteiger charge is -2.19. The van der Waals surface area contributed by atoms with Crippen molar-refractivity contribution in [2.24, 2.45) is 11.7 Å². The normalized spacial score (nSPS) is 14.7. The monoisotopic (exact) mass is 430 g/mol. The first-order valence-electron chi connectivity index (χ1n) is 9.52. The van der Waals surface area contributed by atoms with Gasteiger partial charge in [-0.25, -0.2) is 4.98 Å². The van der Waals surface area contributed by atoms with Crippen molar-refractivity contribution in [3.63, 3.8) is 0 Å². The third kappa shape index (κ3) is 5.33. The van der Waals surface area contributed by atoms with Gasteiger partial charge in [0.05, 0.1) is 5.56 Å². The molecule has 2 amide bonds. The number of fused-ring (bicyclic) bond motifs is 1. The predicted molar refractivity (Wildman–Crippen MR) is 114 cm³/mol. The fraction of sp³-hybridized carbons (Fsp3) is 0.350. The summed E-state index contributed by atoms with van der Waals surface area (Å²) in [6, 6.07) is 7.99. The van der Waals surface area contributed by atoms with Gasteiger partial charge in [0.15, 0.2) is 0 Å². The topological polar surface area (TPSA) is 149 Å². The van der Waals surface area contributed by atoms with Crippen LogP contribution in [0.25, 0.3) is 0 Å². The van der Waals surface area contributed by atoms with E-state index in [-0.39, 0.29) is 17.6 Å². The van der Waals surface area contributed by atoms with E-state index in [0.29, 0.717) is 41.4 Å². The second-order valence-electron chi connectivity index (χ2n) is 7.58. The average Bonchev–Trinajstić information content (AvgIpc) is 3.01. The zero-order chi connectivity index (χ0) is 21.8. The smallest absolute Gasteiger partial charge is 0.255 e. The Balaban J connectivity index is 1.93. The lowest BCUT2D eigenvalue weighted by Crippen LogP contribution is -2.36. The van der Waals surface area contributed by atoms with E-state index >= 15 is 0 Å². The van der Waals surface area contributed by atoms with E-state index in [4.69, 9.17) is 5.73 Å². The van der Waals surface area contributed by atoms with Crippen LogP contribution in [0, 0.1) is 5.92 Å². The van der Waals surface area contributed by atoms with E-state index in [1.807, 2.05) is 13.8 Å². The summed E-state index contributed by atoms with van der Waals surface area (Å²) in [5.41, 5.74) is 7.88. The Morgan fingerprint density at radius 3 is 2.80 bits per heavy atom. The van der Waals surface area contributed by atoms with Gasteiger partial charge < -0.3 is 26.2 Å². The molecule has 1 aliphatic heterocycles. The number of benzene rings is 1. The van der Waals surface area contributed by atoms with E-state index in [1.165, 1.54) is 0 Å². The van der Waals surface area contributed by atoms with Crippen molar-refractivity contribution < 1.29 is 18.4 Å². The van der Waals surface area contributed by atoms with E-state index in [9.17, 15) is 18.4 Å². The van der Waals surface area contributed by atoms with Crippen LogP contribution in [-0.4, -0.2) is 31.6 Å². The second kappa shape index (κ2) is 9.23. The van der Waals surface area contributed by atoms with Crippen molar-refractivity contribution in [3.05, 3.63) is 47.0 Å². The van der Waals surface area contributed by atoms with Crippen LogP contribution in [0.4, 0.5) is 17.3 Å². The number of primary amides is 1. The minimum atomic E-state index is -2.21. The molecule has 2 heterocycles. The second-order valence-corrected chi connectivity index (χ2v) is 8.47. The number of rotatable bonds is 9. The van der Waals surface area contributed by atoms with Crippen LogP contribution in [0.5, 0.6) is 0 Å². The van der Waals surface area contributed by atoms with Gasteiger partial charge in [-0.05, 0) is 41.7 Å². The average molecular weight is 431 g/mol. The molecule has 0 bridgehead atoms. The number of nitrogens with one attached hydrogen (secondary N) is 3. The molecule has 0 radical (unpaired) electrons. The van der Waals surface area contributed by atoms with Crippen molar-refractivity contribution in [1.29, 1.82) is 0 Å². The summed E-state index contributed by atoms with van der Waals surface area (Å²) >= 11 is -2.21. The van der Waals surface area contributed by atoms with Crippen LogP contribution >= 0.6 is 0 Å². The number of carbonyl (C=O) groups excluding carboxylic acids is 2. The Labute approximate surface area is 177 Å². The van der Waals surface area contributed by atoms with Crippen LogP contribution in [0.2, 0.25) is 0 Å². The van der Waals surface area contributed by atoms with Crippen molar-refractivity contribution in [2.75, 3.05) is 10.6 Å². The molecule has 3 rings (SSSR count). The Hall–Kier alpha value is -2.98. The number of hydrogen-bond donors (Lipinski definition) is 4. The fourth-order valence-corrected chi connectivity index (χ4v) is 3.78. The van der Waals surface area contributed by atoms with E-state index in [1.54, 1.807) is 30.3 Å². The molecule has 160 valence electrons. The number of nitrogens with zero attached hydrogens (tertiary/aromatic N) is 1. The largest absolute Gasteiger partial charge is 0.772 e. The molecule has 0 saturated heterocycles. The number of aromatic nitrogens is 1. The highest BCUT2D eigenvalue weighted by Gasteiger charge is 2.26. The number of hydrogen-bond acceptors (Lipinski definition) is 7.